The van der Waals surface area contributed by atoms with Gasteiger partial charge in [-0.2, -0.15) is 0 Å². The minimum Gasteiger partial charge on any atom is -0.375 e. The van der Waals surface area contributed by atoms with Crippen molar-refractivity contribution in [3.8, 4) is 0 Å². The number of nitrogens with two attached hydrogens (primary N) is 2. The average molecular weight is 237 g/mol. The molecule has 1 aliphatic rings. The Bertz CT molecular complexity index is 385. The van der Waals surface area contributed by atoms with E-state index in [1.165, 1.54) is 24.2 Å². The Morgan fingerprint density at radius 2 is 2.44 bits per heavy atom. The van der Waals surface area contributed by atoms with E-state index in [-0.39, 0.29) is 5.54 Å². The number of anilines is 1. The number of aromatic nitrogens is 1. The smallest absolute Gasteiger partial charge is 0.180 e. The Hall–Kier alpha value is -0.870. The van der Waals surface area contributed by atoms with Crippen molar-refractivity contribution < 1.29 is 0 Å². The second-order valence-corrected chi connectivity index (χ2v) is 5.32. The molecule has 0 spiro atoms. The lowest BCUT2D eigenvalue weighted by Crippen LogP contribution is -2.43. The van der Waals surface area contributed by atoms with Crippen molar-refractivity contribution in [3.05, 3.63) is 23.2 Å². The fourth-order valence-electron chi connectivity index (χ4n) is 2.38. The molecule has 0 radical (unpaired) electrons. The molecule has 0 saturated heterocycles. The zero-order valence-corrected chi connectivity index (χ0v) is 10.5. The molecule has 0 aliphatic heterocycles. The van der Waals surface area contributed by atoms with Gasteiger partial charge in [-0.05, 0) is 25.7 Å². The first-order chi connectivity index (χ1) is 7.66. The number of nitrogens with zero attached hydrogens (tertiary/aromatic N) is 1. The standard InChI is InChI=1S/C12H19N3S/c1-2-12(14,9-6-4-3-5-7-9)10-8-16-11(13)15-10/h4,6,8-9H,2-3,5,7,14H2,1H3,(H2,13,15). The van der Waals surface area contributed by atoms with Gasteiger partial charge in [0.1, 0.15) is 0 Å². The van der Waals surface area contributed by atoms with E-state index in [4.69, 9.17) is 11.5 Å². The molecule has 0 saturated carbocycles. The van der Waals surface area contributed by atoms with Crippen LogP contribution in [0.1, 0.15) is 38.3 Å². The van der Waals surface area contributed by atoms with Crippen LogP contribution in [0.15, 0.2) is 17.5 Å². The number of hydrogen-bond donors (Lipinski definition) is 2. The van der Waals surface area contributed by atoms with Crippen LogP contribution in [-0.4, -0.2) is 4.98 Å². The van der Waals surface area contributed by atoms with Crippen molar-refractivity contribution in [2.24, 2.45) is 11.7 Å². The Labute approximate surface area is 101 Å². The Kier molecular flexibility index (Phi) is 3.30. The second-order valence-electron chi connectivity index (χ2n) is 4.43. The number of rotatable bonds is 3. The van der Waals surface area contributed by atoms with E-state index in [1.54, 1.807) is 0 Å². The molecule has 0 bridgehead atoms. The van der Waals surface area contributed by atoms with Gasteiger partial charge in [-0.25, -0.2) is 4.98 Å². The average Bonchev–Trinajstić information content (AvgIpc) is 2.76. The molecule has 16 heavy (non-hydrogen) atoms. The molecule has 88 valence electrons. The monoisotopic (exact) mass is 237 g/mol. The summed E-state index contributed by atoms with van der Waals surface area (Å²) < 4.78 is 0. The molecule has 2 unspecified atom stereocenters. The summed E-state index contributed by atoms with van der Waals surface area (Å²) in [7, 11) is 0. The van der Waals surface area contributed by atoms with Gasteiger partial charge in [-0.3, -0.25) is 0 Å². The van der Waals surface area contributed by atoms with Crippen LogP contribution in [0, 0.1) is 5.92 Å². The highest BCUT2D eigenvalue weighted by molar-refractivity contribution is 7.13. The van der Waals surface area contributed by atoms with Crippen LogP contribution < -0.4 is 11.5 Å². The minimum atomic E-state index is -0.342. The van der Waals surface area contributed by atoms with Crippen LogP contribution >= 0.6 is 11.3 Å². The summed E-state index contributed by atoms with van der Waals surface area (Å²) >= 11 is 1.47. The predicted molar refractivity (Wildman–Crippen MR) is 69.2 cm³/mol. The molecular weight excluding hydrogens is 218 g/mol. The van der Waals surface area contributed by atoms with Gasteiger partial charge in [0.25, 0.3) is 0 Å². The van der Waals surface area contributed by atoms with Gasteiger partial charge in [0, 0.05) is 11.3 Å². The molecule has 2 rings (SSSR count). The fourth-order valence-corrected chi connectivity index (χ4v) is 3.03. The quantitative estimate of drug-likeness (QED) is 0.794. The fraction of sp³-hybridized carbons (Fsp3) is 0.583. The molecule has 0 amide bonds. The Morgan fingerprint density at radius 3 is 2.94 bits per heavy atom. The number of thiazole rings is 1. The van der Waals surface area contributed by atoms with Gasteiger partial charge in [0.15, 0.2) is 5.13 Å². The first kappa shape index (κ1) is 11.6. The van der Waals surface area contributed by atoms with Gasteiger partial charge in [0.2, 0.25) is 0 Å². The minimum absolute atomic E-state index is 0.342. The maximum absolute atomic E-state index is 6.54. The molecule has 0 fully saturated rings. The van der Waals surface area contributed by atoms with Crippen molar-refractivity contribution in [2.75, 3.05) is 5.73 Å². The molecule has 1 aliphatic carbocycles. The molecule has 0 aromatic carbocycles. The van der Waals surface area contributed by atoms with Gasteiger partial charge < -0.3 is 11.5 Å². The highest BCUT2D eigenvalue weighted by atomic mass is 32.1. The van der Waals surface area contributed by atoms with Crippen molar-refractivity contribution in [2.45, 2.75) is 38.1 Å². The largest absolute Gasteiger partial charge is 0.375 e. The van der Waals surface area contributed by atoms with Crippen molar-refractivity contribution in [1.82, 2.24) is 4.98 Å². The second kappa shape index (κ2) is 4.55. The van der Waals surface area contributed by atoms with E-state index in [0.717, 1.165) is 18.5 Å². The third-order valence-electron chi connectivity index (χ3n) is 3.50. The zero-order valence-electron chi connectivity index (χ0n) is 9.65. The first-order valence-electron chi connectivity index (χ1n) is 5.84. The van der Waals surface area contributed by atoms with Crippen LogP contribution in [0.3, 0.4) is 0 Å². The van der Waals surface area contributed by atoms with E-state index < -0.39 is 0 Å². The normalized spacial score (nSPS) is 24.2. The van der Waals surface area contributed by atoms with E-state index in [9.17, 15) is 0 Å². The summed E-state index contributed by atoms with van der Waals surface area (Å²) in [6.45, 7) is 2.12. The Morgan fingerprint density at radius 1 is 1.62 bits per heavy atom. The molecule has 2 atom stereocenters. The summed E-state index contributed by atoms with van der Waals surface area (Å²) in [5, 5.41) is 2.61. The highest BCUT2D eigenvalue weighted by Crippen LogP contribution is 2.37. The molecule has 3 nitrogen and oxygen atoms in total. The van der Waals surface area contributed by atoms with Crippen molar-refractivity contribution in [3.63, 3.8) is 0 Å². The number of hydrogen-bond acceptors (Lipinski definition) is 4. The van der Waals surface area contributed by atoms with E-state index in [1.807, 2.05) is 5.38 Å². The van der Waals surface area contributed by atoms with E-state index >= 15 is 0 Å². The van der Waals surface area contributed by atoms with E-state index in [2.05, 4.69) is 24.1 Å². The van der Waals surface area contributed by atoms with Gasteiger partial charge in [-0.1, -0.05) is 19.1 Å². The van der Waals surface area contributed by atoms with Crippen molar-refractivity contribution in [1.29, 1.82) is 0 Å². The topological polar surface area (TPSA) is 64.9 Å². The first-order valence-corrected chi connectivity index (χ1v) is 6.72. The van der Waals surface area contributed by atoms with Crippen LogP contribution in [0.2, 0.25) is 0 Å². The number of allylic oxidation sites excluding steroid dienone is 1. The van der Waals surface area contributed by atoms with Crippen molar-refractivity contribution >= 4 is 16.5 Å². The summed E-state index contributed by atoms with van der Waals surface area (Å²) in [6.07, 6.45) is 8.93. The van der Waals surface area contributed by atoms with Crippen LogP contribution in [0.5, 0.6) is 0 Å². The van der Waals surface area contributed by atoms with E-state index in [0.29, 0.717) is 11.0 Å². The molecule has 1 aromatic rings. The molecular formula is C12H19N3S. The molecule has 1 heterocycles. The molecule has 4 heteroatoms. The predicted octanol–water partition coefficient (Wildman–Crippen LogP) is 2.65. The summed E-state index contributed by atoms with van der Waals surface area (Å²) in [6, 6.07) is 0. The van der Waals surface area contributed by atoms with Crippen LogP contribution in [-0.2, 0) is 5.54 Å². The number of nitrogen functional groups attached to an aromatic ring is 1. The van der Waals surface area contributed by atoms with Gasteiger partial charge in [-0.15, -0.1) is 11.3 Å². The molecule has 1 aromatic heterocycles. The maximum Gasteiger partial charge on any atom is 0.180 e. The summed E-state index contributed by atoms with van der Waals surface area (Å²) in [4.78, 5) is 4.37. The highest BCUT2D eigenvalue weighted by Gasteiger charge is 2.35. The summed E-state index contributed by atoms with van der Waals surface area (Å²) in [5.74, 6) is 0.396. The summed E-state index contributed by atoms with van der Waals surface area (Å²) in [5.41, 5.74) is 12.8. The lowest BCUT2D eigenvalue weighted by Gasteiger charge is -2.35. The Balaban J connectivity index is 2.30. The van der Waals surface area contributed by atoms with Gasteiger partial charge in [0.05, 0.1) is 11.2 Å². The SMILES string of the molecule is CCC(N)(c1csc(N)n1)C1C=CCCC1. The molecule has 4 N–H and O–H groups in total. The lowest BCUT2D eigenvalue weighted by molar-refractivity contribution is 0.282. The zero-order chi connectivity index (χ0) is 11.6. The third kappa shape index (κ3) is 1.99. The van der Waals surface area contributed by atoms with Gasteiger partial charge >= 0.3 is 0 Å². The van der Waals surface area contributed by atoms with Crippen LogP contribution in [0.4, 0.5) is 5.13 Å². The lowest BCUT2D eigenvalue weighted by atomic mass is 9.75. The third-order valence-corrected chi connectivity index (χ3v) is 4.17. The van der Waals surface area contributed by atoms with Crippen LogP contribution in [0.25, 0.3) is 0 Å². The maximum atomic E-state index is 6.54.